The zero-order chi connectivity index (χ0) is 15.3. The van der Waals surface area contributed by atoms with Crippen LogP contribution in [0, 0.1) is 11.3 Å². The van der Waals surface area contributed by atoms with Crippen molar-refractivity contribution in [2.24, 2.45) is 0 Å². The van der Waals surface area contributed by atoms with Crippen LogP contribution in [0.25, 0.3) is 0 Å². The van der Waals surface area contributed by atoms with E-state index in [2.05, 4.69) is 47.5 Å². The number of rotatable bonds is 4. The van der Waals surface area contributed by atoms with Crippen molar-refractivity contribution >= 4 is 5.69 Å². The average Bonchev–Trinajstić information content (AvgIpc) is 2.73. The molecule has 3 heteroatoms. The lowest BCUT2D eigenvalue weighted by atomic mass is 9.86. The number of nitrogens with one attached hydrogen (secondary N) is 1. The first-order valence-corrected chi connectivity index (χ1v) is 8.06. The molecule has 1 fully saturated rings. The molecule has 1 atom stereocenters. The predicted octanol–water partition coefficient (Wildman–Crippen LogP) is 3.77. The van der Waals surface area contributed by atoms with Crippen LogP contribution in [-0.4, -0.2) is 30.6 Å². The second-order valence-corrected chi connectivity index (χ2v) is 6.52. The van der Waals surface area contributed by atoms with E-state index in [-0.39, 0.29) is 0 Å². The highest BCUT2D eigenvalue weighted by Crippen LogP contribution is 2.24. The average molecular weight is 285 g/mol. The maximum atomic E-state index is 9.19. The van der Waals surface area contributed by atoms with Crippen LogP contribution in [0.15, 0.2) is 24.3 Å². The fourth-order valence-electron chi connectivity index (χ4n) is 2.90. The van der Waals surface area contributed by atoms with Crippen LogP contribution in [0.2, 0.25) is 0 Å². The molecular weight excluding hydrogens is 258 g/mol. The molecule has 0 amide bonds. The summed E-state index contributed by atoms with van der Waals surface area (Å²) in [5.74, 6) is 0. The Morgan fingerprint density at radius 2 is 1.95 bits per heavy atom. The second kappa shape index (κ2) is 6.95. The maximum Gasteiger partial charge on any atom is 0.0766 e. The summed E-state index contributed by atoms with van der Waals surface area (Å²) < 4.78 is 0. The van der Waals surface area contributed by atoms with Crippen molar-refractivity contribution in [1.29, 1.82) is 5.26 Å². The van der Waals surface area contributed by atoms with Gasteiger partial charge in [0, 0.05) is 18.3 Å². The summed E-state index contributed by atoms with van der Waals surface area (Å²) in [6.07, 6.45) is 3.71. The fourth-order valence-corrected chi connectivity index (χ4v) is 2.90. The first-order chi connectivity index (χ1) is 10.0. The number of hydrogen-bond acceptors (Lipinski definition) is 3. The molecule has 2 rings (SSSR count). The number of anilines is 1. The summed E-state index contributed by atoms with van der Waals surface area (Å²) >= 11 is 0. The monoisotopic (exact) mass is 285 g/mol. The lowest BCUT2D eigenvalue weighted by molar-refractivity contribution is 0.300. The molecule has 0 bridgehead atoms. The SMILES string of the molecule is CCN1CCCC(Nc2ccc(C(C)(C)C#N)cc2)CC1. The molecular formula is C18H27N3. The molecule has 1 aromatic rings. The summed E-state index contributed by atoms with van der Waals surface area (Å²) in [6, 6.07) is 11.3. The fraction of sp³-hybridized carbons (Fsp3) is 0.611. The van der Waals surface area contributed by atoms with Crippen molar-refractivity contribution in [3.05, 3.63) is 29.8 Å². The molecule has 1 saturated heterocycles. The standard InChI is InChI=1S/C18H27N3/c1-4-21-12-5-6-16(11-13-21)20-17-9-7-15(8-10-17)18(2,3)14-19/h7-10,16,20H,4-6,11-13H2,1-3H3. The lowest BCUT2D eigenvalue weighted by Gasteiger charge is -2.20. The van der Waals surface area contributed by atoms with Gasteiger partial charge in [0.25, 0.3) is 0 Å². The second-order valence-electron chi connectivity index (χ2n) is 6.52. The Balaban J connectivity index is 1.96. The molecule has 1 aliphatic rings. The minimum Gasteiger partial charge on any atom is -0.382 e. The normalized spacial score (nSPS) is 20.6. The first-order valence-electron chi connectivity index (χ1n) is 8.06. The summed E-state index contributed by atoms with van der Waals surface area (Å²) in [7, 11) is 0. The Bertz CT molecular complexity index is 484. The number of nitriles is 1. The molecule has 3 nitrogen and oxygen atoms in total. The van der Waals surface area contributed by atoms with Crippen molar-refractivity contribution in [1.82, 2.24) is 4.90 Å². The molecule has 114 valence electrons. The smallest absolute Gasteiger partial charge is 0.0766 e. The van der Waals surface area contributed by atoms with Crippen molar-refractivity contribution in [2.45, 2.75) is 51.5 Å². The number of benzene rings is 1. The van der Waals surface area contributed by atoms with Gasteiger partial charge in [0.05, 0.1) is 11.5 Å². The molecule has 0 aliphatic carbocycles. The molecule has 21 heavy (non-hydrogen) atoms. The highest BCUT2D eigenvalue weighted by atomic mass is 15.1. The zero-order valence-corrected chi connectivity index (χ0v) is 13.5. The van der Waals surface area contributed by atoms with E-state index in [1.807, 2.05) is 13.8 Å². The third-order valence-electron chi connectivity index (χ3n) is 4.52. The van der Waals surface area contributed by atoms with Crippen molar-refractivity contribution in [2.75, 3.05) is 25.0 Å². The van der Waals surface area contributed by atoms with Gasteiger partial charge in [-0.1, -0.05) is 19.1 Å². The number of hydrogen-bond donors (Lipinski definition) is 1. The Kier molecular flexibility index (Phi) is 5.25. The van der Waals surface area contributed by atoms with Gasteiger partial charge in [0.2, 0.25) is 0 Å². The zero-order valence-electron chi connectivity index (χ0n) is 13.5. The Morgan fingerprint density at radius 1 is 1.24 bits per heavy atom. The van der Waals surface area contributed by atoms with E-state index in [1.165, 1.54) is 38.0 Å². The minimum absolute atomic E-state index is 0.414. The van der Waals surface area contributed by atoms with Gasteiger partial charge in [0.1, 0.15) is 0 Å². The molecule has 1 heterocycles. The summed E-state index contributed by atoms with van der Waals surface area (Å²) in [5, 5.41) is 12.8. The van der Waals surface area contributed by atoms with E-state index in [1.54, 1.807) is 0 Å². The molecule has 0 radical (unpaired) electrons. The van der Waals surface area contributed by atoms with E-state index in [0.29, 0.717) is 6.04 Å². The Hall–Kier alpha value is -1.53. The van der Waals surface area contributed by atoms with Crippen molar-refractivity contribution in [3.8, 4) is 6.07 Å². The van der Waals surface area contributed by atoms with Crippen LogP contribution in [0.5, 0.6) is 0 Å². The van der Waals surface area contributed by atoms with Gasteiger partial charge in [-0.15, -0.1) is 0 Å². The van der Waals surface area contributed by atoms with E-state index in [9.17, 15) is 5.26 Å². The third-order valence-corrected chi connectivity index (χ3v) is 4.52. The van der Waals surface area contributed by atoms with Crippen molar-refractivity contribution < 1.29 is 0 Å². The topological polar surface area (TPSA) is 39.1 Å². The minimum atomic E-state index is -0.414. The van der Waals surface area contributed by atoms with Gasteiger partial charge in [-0.05, 0) is 63.9 Å². The largest absolute Gasteiger partial charge is 0.382 e. The number of nitrogens with zero attached hydrogens (tertiary/aromatic N) is 2. The highest BCUT2D eigenvalue weighted by Gasteiger charge is 2.20. The van der Waals surface area contributed by atoms with E-state index >= 15 is 0 Å². The highest BCUT2D eigenvalue weighted by molar-refractivity contribution is 5.47. The van der Waals surface area contributed by atoms with Crippen LogP contribution in [0.1, 0.15) is 45.6 Å². The Morgan fingerprint density at radius 3 is 2.57 bits per heavy atom. The lowest BCUT2D eigenvalue weighted by Crippen LogP contribution is -2.26. The van der Waals surface area contributed by atoms with Gasteiger partial charge in [-0.25, -0.2) is 0 Å². The van der Waals surface area contributed by atoms with Gasteiger partial charge in [-0.3, -0.25) is 0 Å². The summed E-state index contributed by atoms with van der Waals surface area (Å²) in [4.78, 5) is 2.53. The molecule has 0 spiro atoms. The van der Waals surface area contributed by atoms with E-state index < -0.39 is 5.41 Å². The van der Waals surface area contributed by atoms with Crippen LogP contribution >= 0.6 is 0 Å². The van der Waals surface area contributed by atoms with Crippen LogP contribution in [0.4, 0.5) is 5.69 Å². The third kappa shape index (κ3) is 4.22. The van der Waals surface area contributed by atoms with Gasteiger partial charge < -0.3 is 10.2 Å². The van der Waals surface area contributed by atoms with Gasteiger partial charge in [-0.2, -0.15) is 5.26 Å². The first kappa shape index (κ1) is 15.9. The summed E-state index contributed by atoms with van der Waals surface area (Å²) in [5.41, 5.74) is 1.83. The predicted molar refractivity (Wildman–Crippen MR) is 88.5 cm³/mol. The molecule has 1 unspecified atom stereocenters. The van der Waals surface area contributed by atoms with Crippen molar-refractivity contribution in [3.63, 3.8) is 0 Å². The molecule has 1 N–H and O–H groups in total. The quantitative estimate of drug-likeness (QED) is 0.915. The maximum absolute atomic E-state index is 9.19. The van der Waals surface area contributed by atoms with Crippen LogP contribution in [0.3, 0.4) is 0 Å². The molecule has 1 aliphatic heterocycles. The van der Waals surface area contributed by atoms with E-state index in [4.69, 9.17) is 0 Å². The molecule has 1 aromatic carbocycles. The summed E-state index contributed by atoms with van der Waals surface area (Å²) in [6.45, 7) is 9.73. The van der Waals surface area contributed by atoms with E-state index in [0.717, 1.165) is 12.1 Å². The van der Waals surface area contributed by atoms with Gasteiger partial charge >= 0.3 is 0 Å². The van der Waals surface area contributed by atoms with Crippen LogP contribution in [-0.2, 0) is 5.41 Å². The number of likely N-dealkylation sites (tertiary alicyclic amines) is 1. The molecule has 0 aromatic heterocycles. The van der Waals surface area contributed by atoms with Gasteiger partial charge in [0.15, 0.2) is 0 Å². The molecule has 0 saturated carbocycles. The van der Waals surface area contributed by atoms with Crippen LogP contribution < -0.4 is 5.32 Å². The Labute approximate surface area is 129 Å².